The number of rotatable bonds is 3. The van der Waals surface area contributed by atoms with Crippen molar-refractivity contribution in [2.75, 3.05) is 4.31 Å². The molecule has 27 heavy (non-hydrogen) atoms. The minimum atomic E-state index is -3.80. The third-order valence-corrected chi connectivity index (χ3v) is 6.99. The van der Waals surface area contributed by atoms with Gasteiger partial charge in [-0.3, -0.25) is 4.31 Å². The van der Waals surface area contributed by atoms with Crippen LogP contribution in [0.15, 0.2) is 71.6 Å². The van der Waals surface area contributed by atoms with Crippen molar-refractivity contribution in [2.24, 2.45) is 0 Å². The molecule has 3 aromatic rings. The molecule has 0 aliphatic carbocycles. The average Bonchev–Trinajstić information content (AvgIpc) is 2.68. The highest BCUT2D eigenvalue weighted by Gasteiger charge is 2.36. The van der Waals surface area contributed by atoms with E-state index in [2.05, 4.69) is 0 Å². The largest absolute Gasteiger partial charge is 0.264 e. The van der Waals surface area contributed by atoms with E-state index in [1.807, 2.05) is 31.2 Å². The summed E-state index contributed by atoms with van der Waals surface area (Å²) in [6.45, 7) is 3.79. The molecule has 4 rings (SSSR count). The molecule has 0 spiro atoms. The summed E-state index contributed by atoms with van der Waals surface area (Å²) in [6.07, 6.45) is 0.754. The molecule has 0 fully saturated rings. The van der Waals surface area contributed by atoms with Crippen LogP contribution in [-0.2, 0) is 16.4 Å². The van der Waals surface area contributed by atoms with Crippen LogP contribution < -0.4 is 4.31 Å². The van der Waals surface area contributed by atoms with Crippen LogP contribution in [0.5, 0.6) is 0 Å². The van der Waals surface area contributed by atoms with Gasteiger partial charge in [-0.25, -0.2) is 12.8 Å². The molecule has 3 aromatic carbocycles. The van der Waals surface area contributed by atoms with E-state index in [1.54, 1.807) is 37.3 Å². The van der Waals surface area contributed by atoms with Gasteiger partial charge in [0.2, 0.25) is 0 Å². The molecule has 3 nitrogen and oxygen atoms in total. The summed E-state index contributed by atoms with van der Waals surface area (Å²) < 4.78 is 42.4. The number of para-hydroxylation sites is 1. The van der Waals surface area contributed by atoms with Gasteiger partial charge >= 0.3 is 0 Å². The average molecular weight is 381 g/mol. The van der Waals surface area contributed by atoms with Crippen molar-refractivity contribution in [3.63, 3.8) is 0 Å². The van der Waals surface area contributed by atoms with Gasteiger partial charge in [-0.1, -0.05) is 43.3 Å². The standard InChI is InChI=1S/C22H20FNO2S/c1-3-16-7-6-8-18(13-16)27(25,26)24-15(2)21-14-17(23)11-12-19(21)20-9-4-5-10-22(20)24/h4-15H,3H2,1-2H3. The molecule has 0 aromatic heterocycles. The molecular weight excluding hydrogens is 361 g/mol. The summed E-state index contributed by atoms with van der Waals surface area (Å²) in [5, 5.41) is 0. The van der Waals surface area contributed by atoms with Crippen LogP contribution in [0.4, 0.5) is 10.1 Å². The summed E-state index contributed by atoms with van der Waals surface area (Å²) in [6, 6.07) is 18.4. The van der Waals surface area contributed by atoms with Gasteiger partial charge in [0, 0.05) is 5.56 Å². The molecule has 0 saturated heterocycles. The number of halogens is 1. The van der Waals surface area contributed by atoms with Gasteiger partial charge in [0.25, 0.3) is 10.0 Å². The Hall–Kier alpha value is -2.66. The number of anilines is 1. The van der Waals surface area contributed by atoms with E-state index in [0.717, 1.165) is 23.1 Å². The van der Waals surface area contributed by atoms with E-state index >= 15 is 0 Å². The number of aryl methyl sites for hydroxylation is 1. The monoisotopic (exact) mass is 381 g/mol. The SMILES string of the molecule is CCc1cccc(S(=O)(=O)N2c3ccccc3-c3ccc(F)cc3C2C)c1. The second kappa shape index (κ2) is 6.50. The molecule has 0 radical (unpaired) electrons. The van der Waals surface area contributed by atoms with E-state index in [9.17, 15) is 12.8 Å². The summed E-state index contributed by atoms with van der Waals surface area (Å²) >= 11 is 0. The lowest BCUT2D eigenvalue weighted by Gasteiger charge is -2.37. The quantitative estimate of drug-likeness (QED) is 0.615. The van der Waals surface area contributed by atoms with Crippen LogP contribution in [0.25, 0.3) is 11.1 Å². The third-order valence-electron chi connectivity index (χ3n) is 5.11. The van der Waals surface area contributed by atoms with E-state index in [1.165, 1.54) is 16.4 Å². The van der Waals surface area contributed by atoms with Gasteiger partial charge in [-0.2, -0.15) is 0 Å². The predicted molar refractivity (Wildman–Crippen MR) is 106 cm³/mol. The summed E-state index contributed by atoms with van der Waals surface area (Å²) in [7, 11) is -3.80. The fourth-order valence-electron chi connectivity index (χ4n) is 3.73. The Balaban J connectivity index is 1.95. The van der Waals surface area contributed by atoms with Gasteiger partial charge in [0.15, 0.2) is 0 Å². The van der Waals surface area contributed by atoms with Crippen LogP contribution in [0.1, 0.15) is 31.0 Å². The van der Waals surface area contributed by atoms with Gasteiger partial charge in [-0.15, -0.1) is 0 Å². The Bertz CT molecular complexity index is 1120. The van der Waals surface area contributed by atoms with Crippen molar-refractivity contribution < 1.29 is 12.8 Å². The number of sulfonamides is 1. The first-order valence-corrected chi connectivity index (χ1v) is 10.4. The van der Waals surface area contributed by atoms with Crippen molar-refractivity contribution in [1.82, 2.24) is 0 Å². The summed E-state index contributed by atoms with van der Waals surface area (Å²) in [5.74, 6) is -0.370. The maximum atomic E-state index is 13.9. The van der Waals surface area contributed by atoms with E-state index in [-0.39, 0.29) is 10.7 Å². The molecule has 1 aliphatic heterocycles. The van der Waals surface area contributed by atoms with Crippen LogP contribution in [0.2, 0.25) is 0 Å². The zero-order valence-corrected chi connectivity index (χ0v) is 16.0. The predicted octanol–water partition coefficient (Wildman–Crippen LogP) is 5.33. The number of hydrogen-bond acceptors (Lipinski definition) is 2. The van der Waals surface area contributed by atoms with E-state index in [0.29, 0.717) is 11.3 Å². The number of hydrogen-bond donors (Lipinski definition) is 0. The lowest BCUT2D eigenvalue weighted by molar-refractivity contribution is 0.580. The molecule has 0 amide bonds. The van der Waals surface area contributed by atoms with Crippen molar-refractivity contribution in [2.45, 2.75) is 31.2 Å². The first-order chi connectivity index (χ1) is 12.9. The lowest BCUT2D eigenvalue weighted by atomic mass is 9.90. The normalized spacial score (nSPS) is 16.0. The van der Waals surface area contributed by atoms with E-state index < -0.39 is 16.1 Å². The van der Waals surface area contributed by atoms with Crippen LogP contribution in [0, 0.1) is 5.82 Å². The molecule has 0 bridgehead atoms. The Labute approximate surface area is 159 Å². The highest BCUT2D eigenvalue weighted by Crippen LogP contribution is 2.47. The summed E-state index contributed by atoms with van der Waals surface area (Å²) in [5.41, 5.74) is 3.91. The Morgan fingerprint density at radius 2 is 1.74 bits per heavy atom. The minimum Gasteiger partial charge on any atom is -0.258 e. The summed E-state index contributed by atoms with van der Waals surface area (Å²) in [4.78, 5) is 0.253. The van der Waals surface area contributed by atoms with E-state index in [4.69, 9.17) is 0 Å². The second-order valence-electron chi connectivity index (χ2n) is 6.73. The Morgan fingerprint density at radius 3 is 2.52 bits per heavy atom. The molecule has 0 N–H and O–H groups in total. The zero-order chi connectivity index (χ0) is 19.2. The molecule has 138 valence electrons. The molecule has 1 aliphatic rings. The number of benzene rings is 3. The Kier molecular flexibility index (Phi) is 4.27. The molecule has 0 saturated carbocycles. The van der Waals surface area contributed by atoms with Crippen molar-refractivity contribution in [3.05, 3.63) is 83.7 Å². The Morgan fingerprint density at radius 1 is 0.963 bits per heavy atom. The maximum absolute atomic E-state index is 13.9. The van der Waals surface area contributed by atoms with Crippen LogP contribution in [-0.4, -0.2) is 8.42 Å². The molecule has 1 atom stereocenters. The lowest BCUT2D eigenvalue weighted by Crippen LogP contribution is -2.36. The maximum Gasteiger partial charge on any atom is 0.264 e. The van der Waals surface area contributed by atoms with Gasteiger partial charge in [0.1, 0.15) is 5.82 Å². The highest BCUT2D eigenvalue weighted by atomic mass is 32.2. The first-order valence-electron chi connectivity index (χ1n) is 8.95. The first kappa shape index (κ1) is 17.7. The smallest absolute Gasteiger partial charge is 0.258 e. The minimum absolute atomic E-state index is 0.253. The fourth-order valence-corrected chi connectivity index (χ4v) is 5.46. The number of nitrogens with zero attached hydrogens (tertiary/aromatic N) is 1. The van der Waals surface area contributed by atoms with Crippen molar-refractivity contribution in [3.8, 4) is 11.1 Å². The number of fused-ring (bicyclic) bond motifs is 3. The van der Waals surface area contributed by atoms with Crippen LogP contribution >= 0.6 is 0 Å². The second-order valence-corrected chi connectivity index (χ2v) is 8.54. The molecule has 1 unspecified atom stereocenters. The van der Waals surface area contributed by atoms with Gasteiger partial charge in [0.05, 0.1) is 16.6 Å². The highest BCUT2D eigenvalue weighted by molar-refractivity contribution is 7.92. The van der Waals surface area contributed by atoms with Crippen molar-refractivity contribution in [1.29, 1.82) is 0 Å². The van der Waals surface area contributed by atoms with Gasteiger partial charge in [-0.05, 0) is 60.4 Å². The van der Waals surface area contributed by atoms with Gasteiger partial charge < -0.3 is 0 Å². The van der Waals surface area contributed by atoms with Crippen molar-refractivity contribution >= 4 is 15.7 Å². The molecule has 5 heteroatoms. The fraction of sp³-hybridized carbons (Fsp3) is 0.182. The third kappa shape index (κ3) is 2.82. The topological polar surface area (TPSA) is 37.4 Å². The molecule has 1 heterocycles. The molecular formula is C22H20FNO2S. The van der Waals surface area contributed by atoms with Crippen LogP contribution in [0.3, 0.4) is 0 Å². The zero-order valence-electron chi connectivity index (χ0n) is 15.2.